The van der Waals surface area contributed by atoms with Gasteiger partial charge in [0.1, 0.15) is 6.33 Å². The summed E-state index contributed by atoms with van der Waals surface area (Å²) in [6.45, 7) is 0.369. The number of para-hydroxylation sites is 1. The van der Waals surface area contributed by atoms with Gasteiger partial charge in [0.05, 0.1) is 17.7 Å². The van der Waals surface area contributed by atoms with Gasteiger partial charge in [0.2, 0.25) is 11.8 Å². The summed E-state index contributed by atoms with van der Waals surface area (Å²) in [5.74, 6) is -0.140. The number of amides is 2. The van der Waals surface area contributed by atoms with Crippen molar-refractivity contribution < 1.29 is 9.59 Å². The minimum absolute atomic E-state index is 0.0451. The molecule has 2 amide bonds. The van der Waals surface area contributed by atoms with Gasteiger partial charge in [0.25, 0.3) is 0 Å². The van der Waals surface area contributed by atoms with Crippen molar-refractivity contribution in [3.8, 4) is 0 Å². The number of carbonyl (C=O) groups is 2. The molecule has 2 aromatic carbocycles. The number of hydrogen-bond acceptors (Lipinski definition) is 4. The Bertz CT molecular complexity index is 1060. The molecule has 3 aromatic rings. The van der Waals surface area contributed by atoms with Crippen LogP contribution in [-0.2, 0) is 28.0 Å². The van der Waals surface area contributed by atoms with Crippen molar-refractivity contribution in [2.24, 2.45) is 0 Å². The second-order valence-corrected chi connectivity index (χ2v) is 7.75. The summed E-state index contributed by atoms with van der Waals surface area (Å²) in [7, 11) is 3.53. The van der Waals surface area contributed by atoms with Crippen LogP contribution in [0.25, 0.3) is 0 Å². The van der Waals surface area contributed by atoms with E-state index in [1.807, 2.05) is 54.6 Å². The predicted molar refractivity (Wildman–Crippen MR) is 115 cm³/mol. The molecule has 0 saturated carbocycles. The van der Waals surface area contributed by atoms with Crippen LogP contribution in [0.3, 0.4) is 0 Å². The molecule has 0 saturated heterocycles. The van der Waals surface area contributed by atoms with Crippen LogP contribution in [0, 0.1) is 0 Å². The first-order valence-corrected chi connectivity index (χ1v) is 9.92. The van der Waals surface area contributed by atoms with Crippen molar-refractivity contribution in [2.45, 2.75) is 24.8 Å². The lowest BCUT2D eigenvalue weighted by molar-refractivity contribution is -0.135. The molecule has 1 aliphatic heterocycles. The highest BCUT2D eigenvalue weighted by Crippen LogP contribution is 2.45. The van der Waals surface area contributed by atoms with E-state index in [0.717, 1.165) is 22.5 Å². The fourth-order valence-electron chi connectivity index (χ4n) is 4.20. The Balaban J connectivity index is 1.68. The Hall–Kier alpha value is -3.54. The largest absolute Gasteiger partial charge is 0.340 e. The molecule has 0 radical (unpaired) electrons. The maximum atomic E-state index is 13.5. The summed E-state index contributed by atoms with van der Waals surface area (Å²) in [6, 6.07) is 19.4. The average molecular weight is 400 g/mol. The molecular formula is C24H24N4O2. The maximum absolute atomic E-state index is 13.5. The van der Waals surface area contributed by atoms with E-state index in [1.54, 1.807) is 36.2 Å². The van der Waals surface area contributed by atoms with Gasteiger partial charge in [-0.25, -0.2) is 9.97 Å². The van der Waals surface area contributed by atoms with Crippen molar-refractivity contribution in [3.63, 3.8) is 0 Å². The Morgan fingerprint density at radius 2 is 1.80 bits per heavy atom. The zero-order valence-corrected chi connectivity index (χ0v) is 17.2. The fourth-order valence-corrected chi connectivity index (χ4v) is 4.20. The average Bonchev–Trinajstić information content (AvgIpc) is 2.97. The number of carbonyl (C=O) groups excluding carboxylic acids is 2. The molecule has 6 heteroatoms. The van der Waals surface area contributed by atoms with E-state index in [1.165, 1.54) is 6.33 Å². The second kappa shape index (κ2) is 8.06. The van der Waals surface area contributed by atoms with E-state index in [2.05, 4.69) is 9.97 Å². The van der Waals surface area contributed by atoms with Crippen LogP contribution >= 0.6 is 0 Å². The molecule has 0 unspecified atom stereocenters. The molecule has 1 atom stereocenters. The number of anilines is 1. The van der Waals surface area contributed by atoms with Gasteiger partial charge in [-0.05, 0) is 29.7 Å². The molecule has 1 aliphatic rings. The van der Waals surface area contributed by atoms with E-state index in [-0.39, 0.29) is 18.2 Å². The summed E-state index contributed by atoms with van der Waals surface area (Å²) in [6.07, 6.45) is 3.70. The van der Waals surface area contributed by atoms with Gasteiger partial charge in [0.15, 0.2) is 0 Å². The number of aromatic nitrogens is 2. The lowest BCUT2D eigenvalue weighted by Crippen LogP contribution is -2.44. The van der Waals surface area contributed by atoms with Crippen molar-refractivity contribution >= 4 is 17.5 Å². The molecule has 30 heavy (non-hydrogen) atoms. The van der Waals surface area contributed by atoms with E-state index < -0.39 is 5.41 Å². The van der Waals surface area contributed by atoms with E-state index in [9.17, 15) is 9.59 Å². The van der Waals surface area contributed by atoms with E-state index in [4.69, 9.17) is 0 Å². The monoisotopic (exact) mass is 400 g/mol. The molecule has 0 bridgehead atoms. The molecule has 4 rings (SSSR count). The number of rotatable bonds is 6. The highest BCUT2D eigenvalue weighted by Gasteiger charge is 2.51. The standard InChI is InChI=1S/C24H24N4O2/c1-27(16-19-12-13-25-17-26-19)22(29)15-24(14-18-8-4-3-5-9-18)20-10-6-7-11-21(20)28(2)23(24)30/h3-13,17H,14-16H2,1-2H3/t24-/m0/s1. The smallest absolute Gasteiger partial charge is 0.238 e. The third-order valence-corrected chi connectivity index (χ3v) is 5.76. The zero-order valence-electron chi connectivity index (χ0n) is 17.2. The fraction of sp³-hybridized carbons (Fsp3) is 0.250. The first kappa shape index (κ1) is 19.8. The Labute approximate surface area is 176 Å². The second-order valence-electron chi connectivity index (χ2n) is 7.75. The van der Waals surface area contributed by atoms with Crippen LogP contribution in [0.4, 0.5) is 5.69 Å². The molecular weight excluding hydrogens is 376 g/mol. The summed E-state index contributed by atoms with van der Waals surface area (Å²) < 4.78 is 0. The summed E-state index contributed by atoms with van der Waals surface area (Å²) in [5.41, 5.74) is 2.63. The molecule has 0 fully saturated rings. The zero-order chi connectivity index (χ0) is 21.1. The minimum atomic E-state index is -0.927. The van der Waals surface area contributed by atoms with Gasteiger partial charge >= 0.3 is 0 Å². The number of hydrogen-bond donors (Lipinski definition) is 0. The van der Waals surface area contributed by atoms with E-state index >= 15 is 0 Å². The predicted octanol–water partition coefficient (Wildman–Crippen LogP) is 2.98. The van der Waals surface area contributed by atoms with Gasteiger partial charge in [0, 0.05) is 32.4 Å². The Kier molecular flexibility index (Phi) is 5.31. The van der Waals surface area contributed by atoms with Gasteiger partial charge in [-0.15, -0.1) is 0 Å². The number of benzene rings is 2. The molecule has 0 N–H and O–H groups in total. The first-order chi connectivity index (χ1) is 14.5. The van der Waals surface area contributed by atoms with Crippen LogP contribution in [0.1, 0.15) is 23.2 Å². The van der Waals surface area contributed by atoms with Crippen LogP contribution in [-0.4, -0.2) is 40.8 Å². The number of likely N-dealkylation sites (N-methyl/N-ethyl adjacent to an activating group) is 1. The first-order valence-electron chi connectivity index (χ1n) is 9.92. The van der Waals surface area contributed by atoms with Crippen LogP contribution in [0.5, 0.6) is 0 Å². The molecule has 0 spiro atoms. The maximum Gasteiger partial charge on any atom is 0.238 e. The van der Waals surface area contributed by atoms with E-state index in [0.29, 0.717) is 13.0 Å². The minimum Gasteiger partial charge on any atom is -0.340 e. The van der Waals surface area contributed by atoms with Gasteiger partial charge in [-0.1, -0.05) is 48.5 Å². The lowest BCUT2D eigenvalue weighted by Gasteiger charge is -2.30. The summed E-state index contributed by atoms with van der Waals surface area (Å²) >= 11 is 0. The third-order valence-electron chi connectivity index (χ3n) is 5.76. The lowest BCUT2D eigenvalue weighted by atomic mass is 9.73. The van der Waals surface area contributed by atoms with Gasteiger partial charge < -0.3 is 9.80 Å². The summed E-state index contributed by atoms with van der Waals surface area (Å²) in [5, 5.41) is 0. The SMILES string of the molecule is CN(Cc1ccncn1)C(=O)C[C@]1(Cc2ccccc2)C(=O)N(C)c2ccccc21. The number of fused-ring (bicyclic) bond motifs is 1. The normalized spacial score (nSPS) is 17.7. The van der Waals surface area contributed by atoms with Crippen molar-refractivity contribution in [1.29, 1.82) is 0 Å². The Morgan fingerprint density at radius 1 is 1.07 bits per heavy atom. The van der Waals surface area contributed by atoms with Crippen LogP contribution in [0.15, 0.2) is 73.2 Å². The molecule has 2 heterocycles. The Morgan fingerprint density at radius 3 is 2.53 bits per heavy atom. The number of nitrogens with zero attached hydrogens (tertiary/aromatic N) is 4. The highest BCUT2D eigenvalue weighted by molar-refractivity contribution is 6.09. The van der Waals surface area contributed by atoms with Crippen LogP contribution < -0.4 is 4.90 Å². The van der Waals surface area contributed by atoms with Crippen LogP contribution in [0.2, 0.25) is 0 Å². The highest BCUT2D eigenvalue weighted by atomic mass is 16.2. The van der Waals surface area contributed by atoms with Gasteiger partial charge in [-0.3, -0.25) is 9.59 Å². The molecule has 6 nitrogen and oxygen atoms in total. The quantitative estimate of drug-likeness (QED) is 0.638. The third kappa shape index (κ3) is 3.56. The molecule has 152 valence electrons. The summed E-state index contributed by atoms with van der Waals surface area (Å²) in [4.78, 5) is 38.2. The topological polar surface area (TPSA) is 66.4 Å². The van der Waals surface area contributed by atoms with Crippen molar-refractivity contribution in [2.75, 3.05) is 19.0 Å². The van der Waals surface area contributed by atoms with Crippen molar-refractivity contribution in [1.82, 2.24) is 14.9 Å². The van der Waals surface area contributed by atoms with Crippen molar-refractivity contribution in [3.05, 3.63) is 90.0 Å². The molecule has 1 aromatic heterocycles. The van der Waals surface area contributed by atoms with Gasteiger partial charge in [-0.2, -0.15) is 0 Å². The molecule has 0 aliphatic carbocycles.